The summed E-state index contributed by atoms with van der Waals surface area (Å²) in [5.74, 6) is -1.41. The highest BCUT2D eigenvalue weighted by Gasteiger charge is 2.18. The third-order valence-corrected chi connectivity index (χ3v) is 5.64. The van der Waals surface area contributed by atoms with Crippen molar-refractivity contribution in [1.82, 2.24) is 5.32 Å². The predicted molar refractivity (Wildman–Crippen MR) is 133 cm³/mol. The molecule has 3 aromatic carbocycles. The zero-order valence-corrected chi connectivity index (χ0v) is 19.4. The second-order valence-electron chi connectivity index (χ2n) is 7.04. The second-order valence-corrected chi connectivity index (χ2v) is 8.09. The quantitative estimate of drug-likeness (QED) is 0.150. The number of amides is 2. The lowest BCUT2D eigenvalue weighted by Crippen LogP contribution is -2.30. The van der Waals surface area contributed by atoms with E-state index in [-0.39, 0.29) is 28.7 Å². The molecule has 0 spiro atoms. The molecular formula is C25H21N3O6S. The average molecular weight is 492 g/mol. The molecule has 3 aromatic rings. The van der Waals surface area contributed by atoms with Crippen LogP contribution in [0.2, 0.25) is 0 Å². The zero-order chi connectivity index (χ0) is 25.2. The van der Waals surface area contributed by atoms with Gasteiger partial charge in [-0.2, -0.15) is 0 Å². The van der Waals surface area contributed by atoms with Crippen molar-refractivity contribution in [2.24, 2.45) is 0 Å². The number of hydrogen-bond donors (Lipinski definition) is 2. The van der Waals surface area contributed by atoms with Crippen LogP contribution in [0.25, 0.3) is 6.08 Å². The number of nitro benzene ring substituents is 1. The van der Waals surface area contributed by atoms with Crippen LogP contribution in [0.1, 0.15) is 15.9 Å². The number of anilines is 1. The fraction of sp³-hybridized carbons (Fsp3) is 0.0800. The van der Waals surface area contributed by atoms with Gasteiger partial charge in [0.1, 0.15) is 5.70 Å². The van der Waals surface area contributed by atoms with Gasteiger partial charge in [0.2, 0.25) is 0 Å². The van der Waals surface area contributed by atoms with Gasteiger partial charge in [0.15, 0.2) is 0 Å². The molecule has 0 saturated heterocycles. The Morgan fingerprint density at radius 2 is 1.63 bits per heavy atom. The second kappa shape index (κ2) is 12.1. The highest BCUT2D eigenvalue weighted by atomic mass is 32.2. The molecule has 35 heavy (non-hydrogen) atoms. The minimum Gasteiger partial charge on any atom is -0.468 e. The topological polar surface area (TPSA) is 128 Å². The molecule has 3 rings (SSSR count). The summed E-state index contributed by atoms with van der Waals surface area (Å²) >= 11 is 1.28. The van der Waals surface area contributed by atoms with Crippen LogP contribution in [0.15, 0.2) is 89.5 Å². The van der Waals surface area contributed by atoms with Gasteiger partial charge in [-0.25, -0.2) is 0 Å². The molecule has 178 valence electrons. The third-order valence-electron chi connectivity index (χ3n) is 4.66. The first-order chi connectivity index (χ1) is 16.9. The van der Waals surface area contributed by atoms with Crippen LogP contribution < -0.4 is 10.6 Å². The van der Waals surface area contributed by atoms with Gasteiger partial charge in [-0.3, -0.25) is 24.5 Å². The Morgan fingerprint density at radius 1 is 0.971 bits per heavy atom. The fourth-order valence-corrected chi connectivity index (χ4v) is 3.64. The summed E-state index contributed by atoms with van der Waals surface area (Å²) in [6.07, 6.45) is 1.26. The lowest BCUT2D eigenvalue weighted by molar-refractivity contribution is -0.385. The normalized spacial score (nSPS) is 10.8. The molecule has 0 saturated carbocycles. The van der Waals surface area contributed by atoms with Gasteiger partial charge in [0.25, 0.3) is 17.5 Å². The number of carbonyl (C=O) groups excluding carboxylic acids is 3. The maximum absolute atomic E-state index is 13.1. The molecule has 0 fully saturated rings. The molecule has 0 atom stereocenters. The molecule has 0 heterocycles. The molecule has 0 bridgehead atoms. The fourth-order valence-electron chi connectivity index (χ4n) is 2.91. The van der Waals surface area contributed by atoms with E-state index in [1.807, 2.05) is 0 Å². The van der Waals surface area contributed by atoms with Crippen LogP contribution in [0, 0.1) is 10.1 Å². The molecule has 0 aliphatic carbocycles. The van der Waals surface area contributed by atoms with Gasteiger partial charge < -0.3 is 15.4 Å². The molecule has 9 nitrogen and oxygen atoms in total. The van der Waals surface area contributed by atoms with Gasteiger partial charge in [-0.05, 0) is 48.5 Å². The van der Waals surface area contributed by atoms with Gasteiger partial charge in [0, 0.05) is 22.2 Å². The Labute approximate surface area is 205 Å². The minimum atomic E-state index is -0.664. The van der Waals surface area contributed by atoms with Gasteiger partial charge >= 0.3 is 5.97 Å². The van der Waals surface area contributed by atoms with Crippen molar-refractivity contribution in [2.75, 3.05) is 18.2 Å². The Morgan fingerprint density at radius 3 is 2.29 bits per heavy atom. The Hall–Kier alpha value is -4.44. The van der Waals surface area contributed by atoms with Gasteiger partial charge in [-0.15, -0.1) is 11.8 Å². The van der Waals surface area contributed by atoms with Crippen molar-refractivity contribution in [2.45, 2.75) is 4.90 Å². The molecule has 0 radical (unpaired) electrons. The number of para-hydroxylation sites is 1. The van der Waals surface area contributed by atoms with Crippen molar-refractivity contribution < 1.29 is 24.0 Å². The largest absolute Gasteiger partial charge is 0.468 e. The third kappa shape index (κ3) is 7.27. The number of ether oxygens (including phenoxy) is 1. The maximum atomic E-state index is 13.1. The molecule has 0 aliphatic heterocycles. The number of nitrogens with one attached hydrogen (secondary N) is 2. The molecule has 0 aromatic heterocycles. The molecule has 10 heteroatoms. The number of esters is 1. The number of nitrogens with zero attached hydrogens (tertiary/aromatic N) is 1. The lowest BCUT2D eigenvalue weighted by atomic mass is 10.1. The molecule has 2 amide bonds. The number of thioether (sulfide) groups is 1. The molecule has 0 aliphatic rings. The van der Waals surface area contributed by atoms with E-state index >= 15 is 0 Å². The van der Waals surface area contributed by atoms with E-state index < -0.39 is 16.7 Å². The van der Waals surface area contributed by atoms with Crippen molar-refractivity contribution >= 4 is 47.0 Å². The van der Waals surface area contributed by atoms with E-state index in [0.717, 1.165) is 4.90 Å². The van der Waals surface area contributed by atoms with Crippen LogP contribution in [0.5, 0.6) is 0 Å². The lowest BCUT2D eigenvalue weighted by Gasteiger charge is -2.12. The first-order valence-corrected chi connectivity index (χ1v) is 11.3. The van der Waals surface area contributed by atoms with Crippen LogP contribution in [-0.2, 0) is 14.3 Å². The minimum absolute atomic E-state index is 0.149. The highest BCUT2D eigenvalue weighted by molar-refractivity contribution is 8.00. The van der Waals surface area contributed by atoms with Crippen LogP contribution >= 0.6 is 11.8 Å². The van der Waals surface area contributed by atoms with E-state index in [1.165, 1.54) is 43.1 Å². The molecule has 0 unspecified atom stereocenters. The van der Waals surface area contributed by atoms with Crippen LogP contribution in [0.3, 0.4) is 0 Å². The monoisotopic (exact) mass is 491 g/mol. The smallest absolute Gasteiger partial charge is 0.315 e. The summed E-state index contributed by atoms with van der Waals surface area (Å²) in [6, 6.07) is 20.9. The summed E-state index contributed by atoms with van der Waals surface area (Å²) < 4.78 is 4.61. The van der Waals surface area contributed by atoms with Crippen LogP contribution in [-0.4, -0.2) is 35.6 Å². The van der Waals surface area contributed by atoms with E-state index in [4.69, 9.17) is 0 Å². The Kier molecular flexibility index (Phi) is 8.74. The van der Waals surface area contributed by atoms with Crippen molar-refractivity contribution in [3.63, 3.8) is 0 Å². The van der Waals surface area contributed by atoms with E-state index in [0.29, 0.717) is 11.3 Å². The predicted octanol–water partition coefficient (Wildman–Crippen LogP) is 4.27. The van der Waals surface area contributed by atoms with Gasteiger partial charge in [-0.1, -0.05) is 30.3 Å². The number of carbonyl (C=O) groups is 3. The molecule has 2 N–H and O–H groups in total. The Balaban J connectivity index is 1.84. The summed E-state index contributed by atoms with van der Waals surface area (Å²) in [4.78, 5) is 48.7. The van der Waals surface area contributed by atoms with Crippen molar-refractivity contribution in [3.05, 3.63) is 106 Å². The number of rotatable bonds is 9. The van der Waals surface area contributed by atoms with Crippen LogP contribution in [0.4, 0.5) is 11.4 Å². The number of nitro groups is 1. The van der Waals surface area contributed by atoms with Crippen molar-refractivity contribution in [1.29, 1.82) is 0 Å². The first-order valence-electron chi connectivity index (χ1n) is 10.3. The van der Waals surface area contributed by atoms with Crippen molar-refractivity contribution in [3.8, 4) is 0 Å². The first kappa shape index (κ1) is 25.2. The Bertz CT molecular complexity index is 1260. The summed E-state index contributed by atoms with van der Waals surface area (Å²) in [5.41, 5.74) is 0.530. The highest BCUT2D eigenvalue weighted by Crippen LogP contribution is 2.23. The number of methoxy groups -OCH3 is 1. The zero-order valence-electron chi connectivity index (χ0n) is 18.6. The van der Waals surface area contributed by atoms with E-state index in [1.54, 1.807) is 60.7 Å². The van der Waals surface area contributed by atoms with Gasteiger partial charge in [0.05, 0.1) is 23.3 Å². The number of benzene rings is 3. The maximum Gasteiger partial charge on any atom is 0.315 e. The SMILES string of the molecule is COC(=O)CSc1ccc(NC(=O)/C(=C\c2ccccc2[N+](=O)[O-])NC(=O)c2ccccc2)cc1. The average Bonchev–Trinajstić information content (AvgIpc) is 2.88. The van der Waals surface area contributed by atoms with E-state index in [9.17, 15) is 24.5 Å². The summed E-state index contributed by atoms with van der Waals surface area (Å²) in [6.45, 7) is 0. The summed E-state index contributed by atoms with van der Waals surface area (Å²) in [7, 11) is 1.31. The standard InChI is InChI=1S/C25H21N3O6S/c1-34-23(29)16-35-20-13-11-19(12-14-20)26-25(31)21(27-24(30)17-7-3-2-4-8-17)15-18-9-5-6-10-22(18)28(32)33/h2-15H,16H2,1H3,(H,26,31)(H,27,30)/b21-15+. The molecular weight excluding hydrogens is 470 g/mol. The summed E-state index contributed by atoms with van der Waals surface area (Å²) in [5, 5.41) is 16.6. The van der Waals surface area contributed by atoms with E-state index in [2.05, 4.69) is 15.4 Å². The number of hydrogen-bond acceptors (Lipinski definition) is 7.